The highest BCUT2D eigenvalue weighted by Gasteiger charge is 2.20. The van der Waals surface area contributed by atoms with E-state index in [2.05, 4.69) is 34.7 Å². The highest BCUT2D eigenvalue weighted by atomic mass is 32.2. The number of carbonyl (C=O) groups excluding carboxylic acids is 2. The van der Waals surface area contributed by atoms with Crippen LogP contribution in [-0.2, 0) is 11.3 Å². The minimum Gasteiger partial charge on any atom is -0.342 e. The second-order valence-electron chi connectivity index (χ2n) is 8.26. The van der Waals surface area contributed by atoms with E-state index in [0.717, 1.165) is 11.3 Å². The molecule has 2 aromatic carbocycles. The van der Waals surface area contributed by atoms with Crippen molar-refractivity contribution in [3.63, 3.8) is 0 Å². The van der Waals surface area contributed by atoms with Crippen molar-refractivity contribution < 1.29 is 9.59 Å². The number of hydrogen-bond acceptors (Lipinski definition) is 5. The summed E-state index contributed by atoms with van der Waals surface area (Å²) >= 11 is 1.33. The van der Waals surface area contributed by atoms with Gasteiger partial charge in [0.2, 0.25) is 5.91 Å². The second-order valence-corrected chi connectivity index (χ2v) is 9.20. The predicted molar refractivity (Wildman–Crippen MR) is 133 cm³/mol. The smallest absolute Gasteiger partial charge is 0.251 e. The van der Waals surface area contributed by atoms with Gasteiger partial charge in [-0.25, -0.2) is 0 Å². The quantitative estimate of drug-likeness (QED) is 0.437. The minimum absolute atomic E-state index is 0.106. The summed E-state index contributed by atoms with van der Waals surface area (Å²) in [5.74, 6) is 1.05. The highest BCUT2D eigenvalue weighted by Crippen LogP contribution is 2.22. The van der Waals surface area contributed by atoms with E-state index in [1.54, 1.807) is 12.1 Å². The molecule has 3 rings (SSSR count). The first-order valence-corrected chi connectivity index (χ1v) is 12.1. The summed E-state index contributed by atoms with van der Waals surface area (Å²) in [6, 6.07) is 15.0. The molecule has 174 valence electrons. The third-order valence-electron chi connectivity index (χ3n) is 5.30. The van der Waals surface area contributed by atoms with Crippen LogP contribution < -0.4 is 10.6 Å². The SMILES string of the molecule is CCn1c(SCC(=O)Nc2ccc(C(C)C)cc2)nnc1[C@H](C)NC(=O)c1ccc(C)cc1. The van der Waals surface area contributed by atoms with Gasteiger partial charge in [0, 0.05) is 17.8 Å². The number of carbonyl (C=O) groups is 2. The lowest BCUT2D eigenvalue weighted by Crippen LogP contribution is -2.28. The van der Waals surface area contributed by atoms with E-state index in [9.17, 15) is 9.59 Å². The maximum Gasteiger partial charge on any atom is 0.251 e. The molecule has 2 amide bonds. The summed E-state index contributed by atoms with van der Waals surface area (Å²) in [5, 5.41) is 15.1. The van der Waals surface area contributed by atoms with E-state index in [0.29, 0.717) is 29.0 Å². The van der Waals surface area contributed by atoms with E-state index in [1.165, 1.54) is 17.3 Å². The maximum absolute atomic E-state index is 12.6. The van der Waals surface area contributed by atoms with Gasteiger partial charge < -0.3 is 15.2 Å². The molecule has 7 nitrogen and oxygen atoms in total. The molecule has 1 heterocycles. The third kappa shape index (κ3) is 6.44. The molecule has 0 spiro atoms. The van der Waals surface area contributed by atoms with Crippen molar-refractivity contribution in [1.29, 1.82) is 0 Å². The molecule has 1 atom stereocenters. The van der Waals surface area contributed by atoms with Crippen molar-refractivity contribution >= 4 is 29.3 Å². The lowest BCUT2D eigenvalue weighted by molar-refractivity contribution is -0.113. The Morgan fingerprint density at radius 3 is 2.27 bits per heavy atom. The summed E-state index contributed by atoms with van der Waals surface area (Å²) in [6.45, 7) is 10.8. The van der Waals surface area contributed by atoms with Gasteiger partial charge in [-0.15, -0.1) is 10.2 Å². The molecule has 0 aliphatic heterocycles. The maximum atomic E-state index is 12.6. The van der Waals surface area contributed by atoms with Gasteiger partial charge in [-0.05, 0) is 56.5 Å². The molecule has 2 N–H and O–H groups in total. The summed E-state index contributed by atoms with van der Waals surface area (Å²) in [4.78, 5) is 25.0. The van der Waals surface area contributed by atoms with E-state index in [-0.39, 0.29) is 23.6 Å². The number of thioether (sulfide) groups is 1. The van der Waals surface area contributed by atoms with Crippen LogP contribution in [0.25, 0.3) is 0 Å². The molecule has 0 unspecified atom stereocenters. The van der Waals surface area contributed by atoms with Crippen molar-refractivity contribution in [2.24, 2.45) is 0 Å². The predicted octanol–water partition coefficient (Wildman–Crippen LogP) is 4.95. The van der Waals surface area contributed by atoms with Gasteiger partial charge in [0.05, 0.1) is 11.8 Å². The Morgan fingerprint density at radius 2 is 1.67 bits per heavy atom. The van der Waals surface area contributed by atoms with Gasteiger partial charge in [0.15, 0.2) is 11.0 Å². The van der Waals surface area contributed by atoms with Crippen molar-refractivity contribution in [2.45, 2.75) is 58.3 Å². The molecule has 33 heavy (non-hydrogen) atoms. The van der Waals surface area contributed by atoms with Crippen molar-refractivity contribution in [3.8, 4) is 0 Å². The third-order valence-corrected chi connectivity index (χ3v) is 6.27. The van der Waals surface area contributed by atoms with Gasteiger partial charge >= 0.3 is 0 Å². The average Bonchev–Trinajstić information content (AvgIpc) is 3.21. The summed E-state index contributed by atoms with van der Waals surface area (Å²) in [7, 11) is 0. The summed E-state index contributed by atoms with van der Waals surface area (Å²) < 4.78 is 1.93. The monoisotopic (exact) mass is 465 g/mol. The molecule has 3 aromatic rings. The van der Waals surface area contributed by atoms with Crippen LogP contribution in [0.3, 0.4) is 0 Å². The molecule has 0 aliphatic carbocycles. The molecule has 0 aliphatic rings. The highest BCUT2D eigenvalue weighted by molar-refractivity contribution is 7.99. The van der Waals surface area contributed by atoms with Crippen LogP contribution in [0.5, 0.6) is 0 Å². The second kappa shape index (κ2) is 11.1. The Bertz CT molecular complexity index is 1090. The standard InChI is InChI=1S/C25H31N5O2S/c1-6-30-23(18(5)26-24(32)20-9-7-17(4)8-10-20)28-29-25(30)33-15-22(31)27-21-13-11-19(12-14-21)16(2)3/h7-14,16,18H,6,15H2,1-5H3,(H,26,32)(H,27,31)/t18-/m0/s1. The molecule has 0 saturated carbocycles. The van der Waals surface area contributed by atoms with Crippen molar-refractivity contribution in [2.75, 3.05) is 11.1 Å². The van der Waals surface area contributed by atoms with E-state index < -0.39 is 0 Å². The van der Waals surface area contributed by atoms with E-state index in [1.807, 2.05) is 61.7 Å². The molecule has 0 fully saturated rings. The van der Waals surface area contributed by atoms with Gasteiger partial charge in [-0.3, -0.25) is 9.59 Å². The molecule has 1 aromatic heterocycles. The number of benzene rings is 2. The lowest BCUT2D eigenvalue weighted by Gasteiger charge is -2.15. The topological polar surface area (TPSA) is 88.9 Å². The van der Waals surface area contributed by atoms with E-state index in [4.69, 9.17) is 0 Å². The zero-order chi connectivity index (χ0) is 24.0. The van der Waals surface area contributed by atoms with Crippen LogP contribution in [0.15, 0.2) is 53.7 Å². The van der Waals surface area contributed by atoms with Crippen LogP contribution in [0.2, 0.25) is 0 Å². The first-order chi connectivity index (χ1) is 15.8. The number of hydrogen-bond donors (Lipinski definition) is 2. The molecular formula is C25H31N5O2S. The van der Waals surface area contributed by atoms with E-state index >= 15 is 0 Å². The normalized spacial score (nSPS) is 11.9. The number of amides is 2. The van der Waals surface area contributed by atoms with Crippen LogP contribution in [0.4, 0.5) is 5.69 Å². The fourth-order valence-corrected chi connectivity index (χ4v) is 4.16. The zero-order valence-electron chi connectivity index (χ0n) is 19.8. The number of aryl methyl sites for hydroxylation is 1. The van der Waals surface area contributed by atoms with Crippen molar-refractivity contribution in [1.82, 2.24) is 20.1 Å². The van der Waals surface area contributed by atoms with Crippen LogP contribution >= 0.6 is 11.8 Å². The Balaban J connectivity index is 1.59. The molecular weight excluding hydrogens is 434 g/mol. The zero-order valence-corrected chi connectivity index (χ0v) is 20.6. The average molecular weight is 466 g/mol. The molecule has 0 radical (unpaired) electrons. The molecule has 0 bridgehead atoms. The van der Waals surface area contributed by atoms with Gasteiger partial charge in [0.1, 0.15) is 0 Å². The van der Waals surface area contributed by atoms with Gasteiger partial charge in [-0.1, -0.05) is 55.4 Å². The largest absolute Gasteiger partial charge is 0.342 e. The van der Waals surface area contributed by atoms with Crippen LogP contribution in [-0.4, -0.2) is 32.3 Å². The summed E-state index contributed by atoms with van der Waals surface area (Å²) in [6.07, 6.45) is 0. The number of aromatic nitrogens is 3. The molecule has 8 heteroatoms. The molecule has 0 saturated heterocycles. The van der Waals surface area contributed by atoms with Crippen LogP contribution in [0.1, 0.15) is 67.0 Å². The minimum atomic E-state index is -0.325. The summed E-state index contributed by atoms with van der Waals surface area (Å²) in [5.41, 5.74) is 3.70. The Hall–Kier alpha value is -3.13. The van der Waals surface area contributed by atoms with Crippen molar-refractivity contribution in [3.05, 3.63) is 71.0 Å². The van der Waals surface area contributed by atoms with Gasteiger partial charge in [0.25, 0.3) is 5.91 Å². The Labute approximate surface area is 199 Å². The number of rotatable bonds is 9. The Kier molecular flexibility index (Phi) is 8.27. The number of nitrogens with one attached hydrogen (secondary N) is 2. The van der Waals surface area contributed by atoms with Crippen LogP contribution in [0, 0.1) is 6.92 Å². The first kappa shape index (κ1) is 24.5. The fourth-order valence-electron chi connectivity index (χ4n) is 3.35. The number of nitrogens with zero attached hydrogens (tertiary/aromatic N) is 3. The Morgan fingerprint density at radius 1 is 1.00 bits per heavy atom. The fraction of sp³-hybridized carbons (Fsp3) is 0.360. The number of anilines is 1. The van der Waals surface area contributed by atoms with Gasteiger partial charge in [-0.2, -0.15) is 0 Å². The first-order valence-electron chi connectivity index (χ1n) is 11.1. The lowest BCUT2D eigenvalue weighted by atomic mass is 10.0.